The minimum Gasteiger partial charge on any atom is -0.343 e. The van der Waals surface area contributed by atoms with E-state index in [-0.39, 0.29) is 80.7 Å². The lowest BCUT2D eigenvalue weighted by Crippen LogP contribution is -2.63. The van der Waals surface area contributed by atoms with E-state index in [1.165, 1.54) is 77.9 Å². The highest BCUT2D eigenvalue weighted by Crippen LogP contribution is 2.33. The van der Waals surface area contributed by atoms with Crippen molar-refractivity contribution in [2.75, 3.05) is 75.5 Å². The van der Waals surface area contributed by atoms with Crippen LogP contribution in [0.25, 0.3) is 0 Å². The van der Waals surface area contributed by atoms with Gasteiger partial charge in [0.2, 0.25) is 65.0 Å². The zero-order valence-corrected chi connectivity index (χ0v) is 56.2. The van der Waals surface area contributed by atoms with Crippen LogP contribution in [0.3, 0.4) is 0 Å². The summed E-state index contributed by atoms with van der Waals surface area (Å²) in [6.07, 6.45) is -0.595. The molecule has 26 heteroatoms. The predicted octanol–water partition coefficient (Wildman–Crippen LogP) is 5.00. The van der Waals surface area contributed by atoms with Gasteiger partial charge in [0, 0.05) is 62.3 Å². The predicted molar refractivity (Wildman–Crippen MR) is 332 cm³/mol. The normalized spacial score (nSPS) is 24.2. The van der Waals surface area contributed by atoms with E-state index in [1.807, 2.05) is 34.6 Å². The van der Waals surface area contributed by atoms with Crippen LogP contribution in [-0.2, 0) is 65.3 Å². The average molecular weight is 1280 g/mol. The first-order chi connectivity index (χ1) is 41.7. The first-order valence-electron chi connectivity index (χ1n) is 31.6. The number of benzene rings is 1. The number of carbonyl (C=O) groups excluding carboxylic acids is 11. The molecule has 0 aromatic heterocycles. The summed E-state index contributed by atoms with van der Waals surface area (Å²) in [4.78, 5) is 166. The highest BCUT2D eigenvalue weighted by molar-refractivity contribution is 5.98. The fourth-order valence-corrected chi connectivity index (χ4v) is 11.2. The van der Waals surface area contributed by atoms with E-state index in [4.69, 9.17) is 0 Å². The molecular weight excluding hydrogens is 1170 g/mol. The van der Waals surface area contributed by atoms with Gasteiger partial charge < -0.3 is 55.6 Å². The van der Waals surface area contributed by atoms with E-state index in [2.05, 4.69) is 21.3 Å². The van der Waals surface area contributed by atoms with Crippen molar-refractivity contribution in [3.8, 4) is 0 Å². The van der Waals surface area contributed by atoms with E-state index in [1.54, 1.807) is 20.8 Å². The van der Waals surface area contributed by atoms with Crippen LogP contribution >= 0.6 is 0 Å². The molecule has 0 radical (unpaired) electrons. The van der Waals surface area contributed by atoms with Gasteiger partial charge in [-0.15, -0.1) is 0 Å². The minimum absolute atomic E-state index is 0.00143. The fraction of sp³-hybridized carbons (Fsp3) is 0.734. The lowest BCUT2D eigenvalue weighted by atomic mass is 9.84. The molecule has 22 nitrogen and oxygen atoms in total. The van der Waals surface area contributed by atoms with E-state index in [0.29, 0.717) is 18.6 Å². The largest absolute Gasteiger partial charge is 0.419 e. The Bertz CT molecular complexity index is 2690. The molecule has 1 aliphatic heterocycles. The molecule has 0 unspecified atom stereocenters. The third kappa shape index (κ3) is 22.5. The number of nitrogens with one attached hydrogen (secondary N) is 4. The maximum Gasteiger partial charge on any atom is 0.419 e. The number of likely N-dealkylation sites (N-methyl/N-ethyl adjacent to an activating group) is 7. The van der Waals surface area contributed by atoms with Crippen molar-refractivity contribution in [1.29, 1.82) is 0 Å². The Morgan fingerprint density at radius 3 is 1.67 bits per heavy atom. The van der Waals surface area contributed by atoms with E-state index >= 15 is 0 Å². The Kier molecular flexibility index (Phi) is 29.7. The van der Waals surface area contributed by atoms with Gasteiger partial charge in [-0.3, -0.25) is 52.7 Å². The molecule has 0 bridgehead atoms. The number of hydrogen-bond donors (Lipinski definition) is 4. The fourth-order valence-electron chi connectivity index (χ4n) is 11.2. The number of aryl methyl sites for hydroxylation is 1. The van der Waals surface area contributed by atoms with Crippen LogP contribution in [0.15, 0.2) is 18.2 Å². The maximum absolute atomic E-state index is 14.9. The molecule has 90 heavy (non-hydrogen) atoms. The molecule has 1 aromatic carbocycles. The van der Waals surface area contributed by atoms with Crippen LogP contribution in [-0.4, -0.2) is 217 Å². The third-order valence-corrected chi connectivity index (χ3v) is 17.5. The third-order valence-electron chi connectivity index (χ3n) is 17.5. The number of amides is 11. The van der Waals surface area contributed by atoms with Crippen molar-refractivity contribution in [3.05, 3.63) is 35.1 Å². The number of nitrogens with zero attached hydrogens (tertiary/aromatic N) is 7. The zero-order chi connectivity index (χ0) is 68.4. The summed E-state index contributed by atoms with van der Waals surface area (Å²) in [6, 6.07) is -5.17. The molecule has 1 aliphatic carbocycles. The van der Waals surface area contributed by atoms with Gasteiger partial charge in [-0.2, -0.15) is 13.2 Å². The Balaban J connectivity index is 2.20. The van der Waals surface area contributed by atoms with Crippen LogP contribution in [0.5, 0.6) is 0 Å². The van der Waals surface area contributed by atoms with Crippen LogP contribution in [0.1, 0.15) is 157 Å². The van der Waals surface area contributed by atoms with Gasteiger partial charge in [0.25, 0.3) is 0 Å². The second-order valence-electron chi connectivity index (χ2n) is 26.7. The molecule has 2 fully saturated rings. The lowest BCUT2D eigenvalue weighted by Gasteiger charge is -2.38. The van der Waals surface area contributed by atoms with Crippen LogP contribution in [0.4, 0.5) is 17.6 Å². The van der Waals surface area contributed by atoms with Crippen molar-refractivity contribution < 1.29 is 70.3 Å². The monoisotopic (exact) mass is 1280 g/mol. The molecule has 7 atom stereocenters. The molecule has 508 valence electrons. The van der Waals surface area contributed by atoms with Gasteiger partial charge >= 0.3 is 6.18 Å². The Hall–Kier alpha value is -6.89. The van der Waals surface area contributed by atoms with Gasteiger partial charge in [-0.1, -0.05) is 100.0 Å². The van der Waals surface area contributed by atoms with Crippen molar-refractivity contribution in [3.63, 3.8) is 0 Å². The molecule has 1 saturated carbocycles. The van der Waals surface area contributed by atoms with Gasteiger partial charge in [-0.25, -0.2) is 4.39 Å². The van der Waals surface area contributed by atoms with Crippen molar-refractivity contribution in [2.45, 2.75) is 201 Å². The SMILES string of the molecule is CC[C@H](C)[C@@H]1NC(=O)[C@H](CC(C)C)N(C)C(=O)CCN(C)C(=O)[C@H](CC(C)C)NC(=O)C(C)(C)N(C)C(=O)[C@H](CC(C)C)NC(=O)[C@H](CCc2ccc(C(F)(F)F)c(F)c2)NC(=O)CN(C)C(=O)[C@H](CC2CCCCC2)N(C)C(=O)CN(C)C(=O)CN(C)C1=O. The molecule has 0 spiro atoms. The standard InChI is InChI=1S/C64H103F4N11O11/c1-18-41(8)55-61(89)76(14)36-53(82)74(12)37-54(83)78(16)50(34-42-22-20-19-21-23-42)60(88)75(13)35-51(80)69-46(27-25-43-24-26-44(45(65)33-43)64(66,67)68)56(84)70-48(31-39(4)5)59(87)79(17)63(9,10)62(90)71-47(30-38(2)3)58(86)73(11)29-28-52(81)77(15)49(32-40(6)7)57(85)72-55/h24,26,33,38-42,46-50,55H,18-23,25,27-32,34-37H2,1-17H3,(H,69,80)(H,70,84)(H,71,90)(H,72,85)/t41-,46-,47-,48-,49-,50-,55-/m0/s1. The molecular formula is C64H103F4N11O11. The van der Waals surface area contributed by atoms with Crippen molar-refractivity contribution in [2.24, 2.45) is 29.6 Å². The number of halogens is 4. The Morgan fingerprint density at radius 1 is 0.578 bits per heavy atom. The number of alkyl halides is 3. The highest BCUT2D eigenvalue weighted by Gasteiger charge is 2.43. The van der Waals surface area contributed by atoms with Crippen molar-refractivity contribution >= 4 is 65.0 Å². The highest BCUT2D eigenvalue weighted by atomic mass is 19.4. The van der Waals surface area contributed by atoms with Crippen LogP contribution in [0.2, 0.25) is 0 Å². The summed E-state index contributed by atoms with van der Waals surface area (Å²) >= 11 is 0. The zero-order valence-electron chi connectivity index (χ0n) is 56.2. The quantitative estimate of drug-likeness (QED) is 0.191. The summed E-state index contributed by atoms with van der Waals surface area (Å²) < 4.78 is 55.6. The topological polar surface area (TPSA) is 259 Å². The summed E-state index contributed by atoms with van der Waals surface area (Å²) in [5.74, 6) is -10.1. The van der Waals surface area contributed by atoms with Crippen LogP contribution in [0, 0.1) is 35.4 Å². The average Bonchev–Trinajstić information content (AvgIpc) is 1.26. The molecule has 3 rings (SSSR count). The smallest absolute Gasteiger partial charge is 0.343 e. The first-order valence-corrected chi connectivity index (χ1v) is 31.6. The summed E-state index contributed by atoms with van der Waals surface area (Å²) in [5, 5.41) is 11.0. The van der Waals surface area contributed by atoms with Gasteiger partial charge in [0.1, 0.15) is 47.6 Å². The lowest BCUT2D eigenvalue weighted by molar-refractivity contribution is -0.149. The molecule has 1 saturated heterocycles. The molecule has 11 amide bonds. The number of rotatable bonds is 13. The first kappa shape index (κ1) is 77.4. The van der Waals surface area contributed by atoms with Gasteiger partial charge in [-0.05, 0) is 99.7 Å². The van der Waals surface area contributed by atoms with E-state index < -0.39 is 150 Å². The van der Waals surface area contributed by atoms with Crippen molar-refractivity contribution in [1.82, 2.24) is 55.6 Å². The van der Waals surface area contributed by atoms with E-state index in [9.17, 15) is 70.3 Å². The minimum atomic E-state index is -5.00. The van der Waals surface area contributed by atoms with Crippen LogP contribution < -0.4 is 21.3 Å². The second-order valence-corrected chi connectivity index (χ2v) is 26.7. The van der Waals surface area contributed by atoms with Gasteiger partial charge in [0.15, 0.2) is 0 Å². The molecule has 1 heterocycles. The molecule has 2 aliphatic rings. The van der Waals surface area contributed by atoms with E-state index in [0.717, 1.165) is 57.8 Å². The maximum atomic E-state index is 14.9. The summed E-state index contributed by atoms with van der Waals surface area (Å²) in [5.41, 5.74) is -3.18. The number of carbonyl (C=O) groups is 11. The molecule has 1 aromatic rings. The number of hydrogen-bond acceptors (Lipinski definition) is 11. The summed E-state index contributed by atoms with van der Waals surface area (Å²) in [6.45, 7) is 15.6. The second kappa shape index (κ2) is 34.5. The van der Waals surface area contributed by atoms with Gasteiger partial charge in [0.05, 0.1) is 25.2 Å². The Labute approximate surface area is 530 Å². The summed E-state index contributed by atoms with van der Waals surface area (Å²) in [7, 11) is 9.75. The molecule has 4 N–H and O–H groups in total. The Morgan fingerprint density at radius 2 is 1.12 bits per heavy atom.